The minimum Gasteiger partial charge on any atom is -0.497 e. The second kappa shape index (κ2) is 10.3. The largest absolute Gasteiger partial charge is 0.497 e. The molecule has 2 heterocycles. The van der Waals surface area contributed by atoms with Crippen LogP contribution in [0.4, 0.5) is 0 Å². The van der Waals surface area contributed by atoms with Crippen molar-refractivity contribution in [2.24, 2.45) is 0 Å². The molecule has 0 bridgehead atoms. The molecule has 0 atom stereocenters. The minimum atomic E-state index is 0.195. The fourth-order valence-corrected chi connectivity index (χ4v) is 3.65. The zero-order valence-corrected chi connectivity index (χ0v) is 19.3. The molecule has 0 aliphatic carbocycles. The molecule has 168 valence electrons. The summed E-state index contributed by atoms with van der Waals surface area (Å²) < 4.78 is 16.5. The van der Waals surface area contributed by atoms with Gasteiger partial charge < -0.3 is 18.9 Å². The number of aryl methyl sites for hydroxylation is 1. The Morgan fingerprint density at radius 3 is 2.75 bits per heavy atom. The van der Waals surface area contributed by atoms with Gasteiger partial charge in [0, 0.05) is 30.5 Å². The van der Waals surface area contributed by atoms with Crippen LogP contribution in [0.1, 0.15) is 36.4 Å². The smallest absolute Gasteiger partial charge is 0.163 e. The van der Waals surface area contributed by atoms with E-state index in [1.54, 1.807) is 7.11 Å². The van der Waals surface area contributed by atoms with Crippen LogP contribution in [-0.4, -0.2) is 42.8 Å². The van der Waals surface area contributed by atoms with Gasteiger partial charge >= 0.3 is 0 Å². The molecular formula is C26H31N3O3. The van der Waals surface area contributed by atoms with Gasteiger partial charge in [0.15, 0.2) is 5.76 Å². The molecule has 6 heteroatoms. The van der Waals surface area contributed by atoms with Crippen LogP contribution in [0.15, 0.2) is 65.2 Å². The van der Waals surface area contributed by atoms with Gasteiger partial charge in [-0.1, -0.05) is 36.5 Å². The maximum absolute atomic E-state index is 8.74. The molecule has 0 radical (unpaired) electrons. The molecule has 0 fully saturated rings. The van der Waals surface area contributed by atoms with Crippen LogP contribution in [0.3, 0.4) is 0 Å². The number of fused-ring (bicyclic) bond motifs is 1. The summed E-state index contributed by atoms with van der Waals surface area (Å²) in [5.41, 5.74) is 6.59. The van der Waals surface area contributed by atoms with Gasteiger partial charge in [0.1, 0.15) is 18.2 Å². The number of aromatic nitrogens is 1. The van der Waals surface area contributed by atoms with Crippen molar-refractivity contribution in [3.63, 3.8) is 0 Å². The van der Waals surface area contributed by atoms with Crippen LogP contribution in [0.5, 0.6) is 5.75 Å². The van der Waals surface area contributed by atoms with E-state index in [0.717, 1.165) is 45.0 Å². The molecule has 1 N–H and O–H groups in total. The fourth-order valence-electron chi connectivity index (χ4n) is 3.65. The Bertz CT molecular complexity index is 1090. The lowest BCUT2D eigenvalue weighted by Gasteiger charge is -2.29. The van der Waals surface area contributed by atoms with Crippen molar-refractivity contribution in [1.82, 2.24) is 10.1 Å². The van der Waals surface area contributed by atoms with Crippen LogP contribution in [0.2, 0.25) is 0 Å². The number of methoxy groups -OCH3 is 1. The number of hydrogen-bond donors (Lipinski definition) is 1. The second-order valence-corrected chi connectivity index (χ2v) is 7.72. The fraction of sp³-hybridized carbons (Fsp3) is 0.308. The third-order valence-corrected chi connectivity index (χ3v) is 5.55. The van der Waals surface area contributed by atoms with Crippen molar-refractivity contribution < 1.29 is 14.0 Å². The van der Waals surface area contributed by atoms with Gasteiger partial charge in [-0.25, -0.2) is 0 Å². The highest BCUT2D eigenvalue weighted by Crippen LogP contribution is 2.32. The summed E-state index contributed by atoms with van der Waals surface area (Å²) in [7, 11) is 1.65. The predicted molar refractivity (Wildman–Crippen MR) is 129 cm³/mol. The number of benzene rings is 1. The number of hydrogen-bond acceptors (Lipinski definition) is 5. The number of allylic oxidation sites excluding steroid dienone is 3. The Labute approximate surface area is 190 Å². The van der Waals surface area contributed by atoms with Crippen molar-refractivity contribution in [1.29, 1.82) is 5.41 Å². The molecule has 2 aromatic rings. The molecule has 0 amide bonds. The SMILES string of the molecule is C=CC1=C/C(=C(\C)c2cc(C)no2)CN(C(=N)COCC)C(=C)c2cc(OC)ccc2C1. The average molecular weight is 434 g/mol. The maximum Gasteiger partial charge on any atom is 0.163 e. The van der Waals surface area contributed by atoms with Crippen LogP contribution in [0, 0.1) is 12.3 Å². The third kappa shape index (κ3) is 5.08. The number of ether oxygens (including phenoxy) is 2. The number of amidine groups is 1. The van der Waals surface area contributed by atoms with E-state index in [4.69, 9.17) is 19.4 Å². The molecule has 6 nitrogen and oxygen atoms in total. The van der Waals surface area contributed by atoms with Gasteiger partial charge in [-0.05, 0) is 61.6 Å². The molecule has 3 rings (SSSR count). The first-order valence-corrected chi connectivity index (χ1v) is 10.6. The van der Waals surface area contributed by atoms with E-state index in [2.05, 4.69) is 24.4 Å². The van der Waals surface area contributed by atoms with E-state index < -0.39 is 0 Å². The zero-order valence-electron chi connectivity index (χ0n) is 19.3. The average Bonchev–Trinajstić information content (AvgIpc) is 3.25. The number of nitrogens with one attached hydrogen (secondary N) is 1. The summed E-state index contributed by atoms with van der Waals surface area (Å²) in [5, 5.41) is 12.8. The van der Waals surface area contributed by atoms with Crippen LogP contribution in [0.25, 0.3) is 11.3 Å². The zero-order chi connectivity index (χ0) is 23.3. The summed E-state index contributed by atoms with van der Waals surface area (Å²) in [4.78, 5) is 1.89. The van der Waals surface area contributed by atoms with E-state index in [9.17, 15) is 0 Å². The van der Waals surface area contributed by atoms with E-state index in [1.165, 1.54) is 0 Å². The highest BCUT2D eigenvalue weighted by atomic mass is 16.5. The van der Waals surface area contributed by atoms with Gasteiger partial charge in [0.05, 0.1) is 12.8 Å². The lowest BCUT2D eigenvalue weighted by atomic mass is 9.96. The van der Waals surface area contributed by atoms with Crippen molar-refractivity contribution >= 4 is 17.1 Å². The minimum absolute atomic E-state index is 0.195. The third-order valence-electron chi connectivity index (χ3n) is 5.55. The molecule has 0 unspecified atom stereocenters. The Balaban J connectivity index is 2.18. The topological polar surface area (TPSA) is 71.6 Å². The van der Waals surface area contributed by atoms with E-state index in [0.29, 0.717) is 31.2 Å². The summed E-state index contributed by atoms with van der Waals surface area (Å²) in [6.45, 7) is 15.4. The monoisotopic (exact) mass is 433 g/mol. The van der Waals surface area contributed by atoms with Gasteiger partial charge in [0.25, 0.3) is 0 Å². The Hall–Kier alpha value is -3.38. The number of nitrogens with zero attached hydrogens (tertiary/aromatic N) is 2. The van der Waals surface area contributed by atoms with Crippen LogP contribution < -0.4 is 4.74 Å². The first-order valence-electron chi connectivity index (χ1n) is 10.6. The van der Waals surface area contributed by atoms with Gasteiger partial charge in [-0.3, -0.25) is 5.41 Å². The summed E-state index contributed by atoms with van der Waals surface area (Å²) in [6, 6.07) is 7.88. The van der Waals surface area contributed by atoms with Gasteiger partial charge in [-0.15, -0.1) is 0 Å². The number of rotatable bonds is 6. The van der Waals surface area contributed by atoms with Crippen molar-refractivity contribution in [2.45, 2.75) is 27.2 Å². The van der Waals surface area contributed by atoms with Gasteiger partial charge in [-0.2, -0.15) is 0 Å². The lowest BCUT2D eigenvalue weighted by Crippen LogP contribution is -2.33. The van der Waals surface area contributed by atoms with Crippen molar-refractivity contribution in [2.75, 3.05) is 26.9 Å². The maximum atomic E-state index is 8.74. The predicted octanol–water partition coefficient (Wildman–Crippen LogP) is 5.42. The highest BCUT2D eigenvalue weighted by molar-refractivity contribution is 5.91. The highest BCUT2D eigenvalue weighted by Gasteiger charge is 2.23. The lowest BCUT2D eigenvalue weighted by molar-refractivity contribution is 0.181. The van der Waals surface area contributed by atoms with Gasteiger partial charge in [0.2, 0.25) is 0 Å². The Morgan fingerprint density at radius 1 is 1.34 bits per heavy atom. The standard InChI is InChI=1S/C26H31N3O3/c1-7-20-12-21-9-10-23(30-6)14-24(21)19(5)29(26(27)16-31-8-2)15-22(13-20)18(4)25-11-17(3)28-32-25/h7,9-11,13-14,27H,1,5,8,12,15-16H2,2-4,6H3/b20-13?,22-18-,27-26?. The van der Waals surface area contributed by atoms with Crippen LogP contribution >= 0.6 is 0 Å². The Morgan fingerprint density at radius 2 is 2.12 bits per heavy atom. The summed E-state index contributed by atoms with van der Waals surface area (Å²) in [6.07, 6.45) is 4.67. The van der Waals surface area contributed by atoms with Crippen molar-refractivity contribution in [3.05, 3.63) is 83.3 Å². The molecular weight excluding hydrogens is 402 g/mol. The molecule has 0 saturated heterocycles. The first-order chi connectivity index (χ1) is 15.4. The molecule has 0 spiro atoms. The summed E-state index contributed by atoms with van der Waals surface area (Å²) in [5.74, 6) is 1.78. The molecule has 1 aliphatic heterocycles. The molecule has 1 aromatic heterocycles. The first kappa shape index (κ1) is 23.3. The normalized spacial score (nSPS) is 15.8. The van der Waals surface area contributed by atoms with E-state index in [1.807, 2.05) is 56.0 Å². The Kier molecular flexibility index (Phi) is 7.49. The second-order valence-electron chi connectivity index (χ2n) is 7.72. The molecule has 32 heavy (non-hydrogen) atoms. The van der Waals surface area contributed by atoms with E-state index in [-0.39, 0.29) is 6.61 Å². The summed E-state index contributed by atoms with van der Waals surface area (Å²) >= 11 is 0. The molecule has 0 saturated carbocycles. The van der Waals surface area contributed by atoms with Crippen molar-refractivity contribution in [3.8, 4) is 5.75 Å². The van der Waals surface area contributed by atoms with Crippen LogP contribution in [-0.2, 0) is 11.2 Å². The quantitative estimate of drug-likeness (QED) is 0.486. The molecule has 1 aromatic carbocycles. The van der Waals surface area contributed by atoms with E-state index >= 15 is 0 Å². The molecule has 1 aliphatic rings.